The van der Waals surface area contributed by atoms with Crippen molar-refractivity contribution in [3.8, 4) is 6.07 Å². The number of amides is 1. The molecule has 3 heterocycles. The van der Waals surface area contributed by atoms with Crippen molar-refractivity contribution in [2.45, 2.75) is 62.8 Å². The van der Waals surface area contributed by atoms with Gasteiger partial charge in [0, 0.05) is 11.8 Å². The zero-order valence-corrected chi connectivity index (χ0v) is 17.4. The van der Waals surface area contributed by atoms with Gasteiger partial charge in [-0.2, -0.15) is 5.26 Å². The lowest BCUT2D eigenvalue weighted by molar-refractivity contribution is 0.0613. The third kappa shape index (κ3) is 4.21. The van der Waals surface area contributed by atoms with Gasteiger partial charge in [0.1, 0.15) is 18.2 Å². The van der Waals surface area contributed by atoms with Crippen LogP contribution in [0.1, 0.15) is 59.8 Å². The quantitative estimate of drug-likeness (QED) is 0.795. The number of ether oxygens (including phenoxy) is 2. The summed E-state index contributed by atoms with van der Waals surface area (Å²) in [6.07, 6.45) is 9.19. The first-order valence-electron chi connectivity index (χ1n) is 11.2. The Balaban J connectivity index is 1.21. The van der Waals surface area contributed by atoms with Gasteiger partial charge in [-0.1, -0.05) is 43.4 Å². The molecule has 3 fully saturated rings. The van der Waals surface area contributed by atoms with E-state index in [-0.39, 0.29) is 30.2 Å². The fraction of sp³-hybridized carbons (Fsp3) is 0.565. The number of fused-ring (bicyclic) bond motifs is 1. The lowest BCUT2D eigenvalue weighted by Gasteiger charge is -2.20. The Morgan fingerprint density at radius 3 is 2.87 bits per heavy atom. The molecule has 1 saturated carbocycles. The van der Waals surface area contributed by atoms with Crippen molar-refractivity contribution < 1.29 is 14.3 Å². The summed E-state index contributed by atoms with van der Waals surface area (Å²) in [5.74, 6) is 0.488. The first-order chi connectivity index (χ1) is 15.2. The van der Waals surface area contributed by atoms with Crippen LogP contribution in [-0.4, -0.2) is 52.4 Å². The Hall–Kier alpha value is -2.76. The second-order valence-electron chi connectivity index (χ2n) is 8.83. The van der Waals surface area contributed by atoms with Gasteiger partial charge < -0.3 is 14.8 Å². The zero-order chi connectivity index (χ0) is 21.2. The van der Waals surface area contributed by atoms with Crippen molar-refractivity contribution in [2.24, 2.45) is 5.92 Å². The fourth-order valence-electron chi connectivity index (χ4n) is 5.07. The molecule has 2 aliphatic heterocycles. The van der Waals surface area contributed by atoms with Crippen LogP contribution in [0.3, 0.4) is 0 Å². The van der Waals surface area contributed by atoms with Crippen molar-refractivity contribution in [3.63, 3.8) is 0 Å². The average Bonchev–Trinajstić information content (AvgIpc) is 3.52. The molecule has 3 aliphatic rings. The van der Waals surface area contributed by atoms with Crippen LogP contribution >= 0.6 is 0 Å². The standard InChI is InChI=1S/C23H27N5O3/c24-11-16-7-4-8-17(9-16)23(29)25-19-13-30-22-20(14-31-21(19)22)28-12-18(26-27-28)10-15-5-2-1-3-6-15/h4,7-9,12,15,19-22H,1-3,5-6,10,13-14H2,(H,25,29)/t19-,20-,21+,22+/m0/s1. The van der Waals surface area contributed by atoms with Crippen LogP contribution < -0.4 is 5.32 Å². The van der Waals surface area contributed by atoms with E-state index < -0.39 is 0 Å². The highest BCUT2D eigenvalue weighted by molar-refractivity contribution is 5.94. The van der Waals surface area contributed by atoms with E-state index in [2.05, 4.69) is 21.7 Å². The van der Waals surface area contributed by atoms with E-state index >= 15 is 0 Å². The number of carbonyl (C=O) groups excluding carboxylic acids is 1. The topological polar surface area (TPSA) is 102 Å². The molecule has 1 amide bonds. The van der Waals surface area contributed by atoms with Gasteiger partial charge in [-0.25, -0.2) is 4.68 Å². The molecule has 31 heavy (non-hydrogen) atoms. The normalized spacial score (nSPS) is 28.2. The van der Waals surface area contributed by atoms with Gasteiger partial charge in [-0.05, 0) is 30.5 Å². The molecule has 2 aromatic rings. The van der Waals surface area contributed by atoms with Crippen LogP contribution in [-0.2, 0) is 15.9 Å². The molecular weight excluding hydrogens is 394 g/mol. The molecule has 1 aliphatic carbocycles. The highest BCUT2D eigenvalue weighted by atomic mass is 16.6. The summed E-state index contributed by atoms with van der Waals surface area (Å²) in [5, 5.41) is 20.8. The Morgan fingerprint density at radius 1 is 1.19 bits per heavy atom. The largest absolute Gasteiger partial charge is 0.371 e. The van der Waals surface area contributed by atoms with E-state index in [0.717, 1.165) is 12.1 Å². The van der Waals surface area contributed by atoms with Crippen molar-refractivity contribution in [3.05, 3.63) is 47.3 Å². The van der Waals surface area contributed by atoms with Crippen LogP contribution in [0, 0.1) is 17.2 Å². The van der Waals surface area contributed by atoms with Crippen LogP contribution in [0.4, 0.5) is 0 Å². The molecule has 1 N–H and O–H groups in total. The number of aromatic nitrogens is 3. The first kappa shape index (κ1) is 20.2. The smallest absolute Gasteiger partial charge is 0.251 e. The van der Waals surface area contributed by atoms with Gasteiger partial charge in [0.25, 0.3) is 5.91 Å². The molecule has 162 valence electrons. The predicted molar refractivity (Wildman–Crippen MR) is 111 cm³/mol. The maximum Gasteiger partial charge on any atom is 0.251 e. The second kappa shape index (κ2) is 8.77. The summed E-state index contributed by atoms with van der Waals surface area (Å²) in [5.41, 5.74) is 1.96. The summed E-state index contributed by atoms with van der Waals surface area (Å²) in [7, 11) is 0. The Morgan fingerprint density at radius 2 is 2.03 bits per heavy atom. The van der Waals surface area contributed by atoms with Gasteiger partial charge >= 0.3 is 0 Å². The van der Waals surface area contributed by atoms with Crippen LogP contribution in [0.2, 0.25) is 0 Å². The van der Waals surface area contributed by atoms with E-state index in [4.69, 9.17) is 14.7 Å². The summed E-state index contributed by atoms with van der Waals surface area (Å²) in [6, 6.07) is 8.45. The summed E-state index contributed by atoms with van der Waals surface area (Å²) < 4.78 is 13.9. The molecule has 8 heteroatoms. The number of rotatable bonds is 5. The van der Waals surface area contributed by atoms with Crippen molar-refractivity contribution in [1.29, 1.82) is 5.26 Å². The van der Waals surface area contributed by atoms with E-state index in [1.54, 1.807) is 24.3 Å². The van der Waals surface area contributed by atoms with E-state index in [1.807, 2.05) is 10.9 Å². The van der Waals surface area contributed by atoms with Crippen LogP contribution in [0.15, 0.2) is 30.5 Å². The Bertz CT molecular complexity index is 978. The molecule has 0 unspecified atom stereocenters. The first-order valence-corrected chi connectivity index (χ1v) is 11.2. The van der Waals surface area contributed by atoms with Crippen LogP contribution in [0.5, 0.6) is 0 Å². The molecule has 0 bridgehead atoms. The van der Waals surface area contributed by atoms with Crippen molar-refractivity contribution in [2.75, 3.05) is 13.2 Å². The highest BCUT2D eigenvalue weighted by Crippen LogP contribution is 2.34. The molecule has 0 radical (unpaired) electrons. The molecule has 0 spiro atoms. The predicted octanol–water partition coefficient (Wildman–Crippen LogP) is 2.41. The van der Waals surface area contributed by atoms with Gasteiger partial charge in [0.05, 0.1) is 36.6 Å². The van der Waals surface area contributed by atoms with E-state index in [9.17, 15) is 4.79 Å². The summed E-state index contributed by atoms with van der Waals surface area (Å²) in [6.45, 7) is 0.872. The Labute approximate surface area is 181 Å². The maximum atomic E-state index is 12.6. The van der Waals surface area contributed by atoms with Crippen molar-refractivity contribution in [1.82, 2.24) is 20.3 Å². The number of benzene rings is 1. The molecule has 5 rings (SSSR count). The van der Waals surface area contributed by atoms with Crippen LogP contribution in [0.25, 0.3) is 0 Å². The lowest BCUT2D eigenvalue weighted by Crippen LogP contribution is -2.44. The molecule has 1 aromatic heterocycles. The van der Waals surface area contributed by atoms with Gasteiger partial charge in [-0.15, -0.1) is 5.10 Å². The molecule has 2 saturated heterocycles. The number of hydrogen-bond acceptors (Lipinski definition) is 6. The second-order valence-corrected chi connectivity index (χ2v) is 8.83. The Kier molecular flexibility index (Phi) is 5.70. The maximum absolute atomic E-state index is 12.6. The minimum Gasteiger partial charge on any atom is -0.371 e. The molecule has 8 nitrogen and oxygen atoms in total. The number of hydrogen-bond donors (Lipinski definition) is 1. The SMILES string of the molecule is N#Cc1cccc(C(=O)N[C@H]2CO[C@H]3[C@@H]2OC[C@@H]3n2cc(CC3CCCCC3)nn2)c1. The van der Waals surface area contributed by atoms with Gasteiger partial charge in [0.15, 0.2) is 0 Å². The number of carbonyl (C=O) groups is 1. The van der Waals surface area contributed by atoms with Gasteiger partial charge in [-0.3, -0.25) is 4.79 Å². The summed E-state index contributed by atoms with van der Waals surface area (Å²) in [4.78, 5) is 12.6. The highest BCUT2D eigenvalue weighted by Gasteiger charge is 2.49. The van der Waals surface area contributed by atoms with Gasteiger partial charge in [0.2, 0.25) is 0 Å². The zero-order valence-electron chi connectivity index (χ0n) is 17.4. The fourth-order valence-corrected chi connectivity index (χ4v) is 5.07. The van der Waals surface area contributed by atoms with E-state index in [1.165, 1.54) is 32.1 Å². The molecule has 1 aromatic carbocycles. The number of nitriles is 1. The van der Waals surface area contributed by atoms with Crippen molar-refractivity contribution >= 4 is 5.91 Å². The number of nitrogens with zero attached hydrogens (tertiary/aromatic N) is 4. The summed E-state index contributed by atoms with van der Waals surface area (Å²) >= 11 is 0. The molecular formula is C23H27N5O3. The average molecular weight is 422 g/mol. The monoisotopic (exact) mass is 421 g/mol. The lowest BCUT2D eigenvalue weighted by atomic mass is 9.86. The third-order valence-corrected chi connectivity index (χ3v) is 6.72. The minimum absolute atomic E-state index is 0.0403. The number of nitrogens with one attached hydrogen (secondary N) is 1. The molecule has 4 atom stereocenters. The minimum atomic E-state index is -0.238. The van der Waals surface area contributed by atoms with E-state index in [0.29, 0.717) is 30.3 Å². The third-order valence-electron chi connectivity index (χ3n) is 6.72.